The zero-order chi connectivity index (χ0) is 35.9. The summed E-state index contributed by atoms with van der Waals surface area (Å²) >= 11 is 0. The fraction of sp³-hybridized carbons (Fsp3) is 0.156. The Bertz CT molecular complexity index is 2350. The summed E-state index contributed by atoms with van der Waals surface area (Å²) < 4.78 is 10.9. The summed E-state index contributed by atoms with van der Waals surface area (Å²) in [5.41, 5.74) is 11.3. The van der Waals surface area contributed by atoms with E-state index in [9.17, 15) is 4.79 Å². The molecule has 4 aromatic carbocycles. The Morgan fingerprint density at radius 2 is 1.56 bits per heavy atom. The second-order valence-electron chi connectivity index (χ2n) is 12.4. The maximum absolute atomic E-state index is 11.7. The number of carbonyl (C=O) groups excluding carboxylic acids is 2. The molecular formula is C45H40ClNNaO6-. The minimum atomic E-state index is -0.0498. The standard InChI is InChI=1S/C24H25NO.C20H13O2.CO2.ClH.Na.H2O/c1-4-25(5-2)19-12-14-21-23(16-19)26-22-15-17(3)11-13-20(22)24(21)18-9-7-6-8-10-18;1-13-6-2-3-7-15(13)20-16-8-4-5-9-18(16)22-19-12-14(21)10-11-17(19)20;2-1-3;;;/h6-17H,4-5H2,1-3H3;2-4,6-12H,1H3;;1H;;1H2/q;-1;;;+1;/p-1. The number of nitrogens with zero attached hydrogens (tertiary/aromatic N) is 1. The molecule has 9 heteroatoms. The van der Waals surface area contributed by atoms with Crippen molar-refractivity contribution >= 4 is 28.4 Å². The number of benzene rings is 5. The topological polar surface area (TPSA) is 110 Å². The second-order valence-corrected chi connectivity index (χ2v) is 12.4. The van der Waals surface area contributed by atoms with Crippen molar-refractivity contribution in [3.8, 4) is 28.2 Å². The van der Waals surface area contributed by atoms with E-state index in [1.54, 1.807) is 12.1 Å². The van der Waals surface area contributed by atoms with Gasteiger partial charge in [-0.2, -0.15) is 27.8 Å². The number of anilines is 1. The molecule has 2 N–H and O–H groups in total. The molecule has 0 fully saturated rings. The molecule has 0 aromatic heterocycles. The monoisotopic (exact) mass is 748 g/mol. The molecule has 8 rings (SSSR count). The number of hydrogen-bond donors (Lipinski definition) is 0. The number of allylic oxidation sites excluding steroid dienone is 3. The van der Waals surface area contributed by atoms with Gasteiger partial charge in [0.25, 0.3) is 11.5 Å². The number of aliphatic hydroxyl groups is 1. The van der Waals surface area contributed by atoms with E-state index in [1.807, 2.05) is 36.4 Å². The predicted octanol–water partition coefficient (Wildman–Crippen LogP) is 3.60. The van der Waals surface area contributed by atoms with Gasteiger partial charge in [-0.1, -0.05) is 73.0 Å². The first-order valence-corrected chi connectivity index (χ1v) is 17.1. The molecule has 7 nitrogen and oxygen atoms in total. The Kier molecular flexibility index (Phi) is 16.0. The third-order valence-electron chi connectivity index (χ3n) is 9.17. The van der Waals surface area contributed by atoms with Crippen LogP contribution in [-0.4, -0.2) is 29.5 Å². The van der Waals surface area contributed by atoms with Gasteiger partial charge in [-0.15, -0.1) is 6.07 Å². The molecule has 0 saturated carbocycles. The zero-order valence-electron chi connectivity index (χ0n) is 31.0. The number of hydrogen-bond acceptors (Lipinski definition) is 6. The number of aryl methyl sites for hydroxylation is 1. The summed E-state index contributed by atoms with van der Waals surface area (Å²) in [4.78, 5) is 30.3. The van der Waals surface area contributed by atoms with Crippen molar-refractivity contribution in [2.24, 2.45) is 5.92 Å². The number of fused-ring (bicyclic) bond motifs is 4. The predicted molar refractivity (Wildman–Crippen MR) is 206 cm³/mol. The van der Waals surface area contributed by atoms with E-state index < -0.39 is 0 Å². The molecule has 2 aliphatic carbocycles. The van der Waals surface area contributed by atoms with Crippen molar-refractivity contribution in [2.45, 2.75) is 27.7 Å². The molecule has 2 aliphatic heterocycles. The molecule has 0 bridgehead atoms. The van der Waals surface area contributed by atoms with Crippen molar-refractivity contribution in [3.63, 3.8) is 0 Å². The van der Waals surface area contributed by atoms with Crippen LogP contribution in [0.15, 0.2) is 148 Å². The van der Waals surface area contributed by atoms with Crippen LogP contribution in [0, 0.1) is 18.9 Å². The molecular weight excluding hydrogens is 709 g/mol. The van der Waals surface area contributed by atoms with Crippen molar-refractivity contribution in [1.82, 2.24) is 0 Å². The summed E-state index contributed by atoms with van der Waals surface area (Å²) in [6.07, 6.45) is 7.02. The van der Waals surface area contributed by atoms with Crippen molar-refractivity contribution in [1.29, 1.82) is 0 Å². The molecule has 1 unspecified atom stereocenters. The molecule has 0 radical (unpaired) electrons. The Morgan fingerprint density at radius 3 is 2.26 bits per heavy atom. The first-order valence-electron chi connectivity index (χ1n) is 17.1. The molecule has 0 saturated heterocycles. The third-order valence-corrected chi connectivity index (χ3v) is 9.17. The number of ether oxygens (including phenoxy) is 1. The molecule has 0 amide bonds. The first kappa shape index (κ1) is 43.4. The van der Waals surface area contributed by atoms with E-state index in [0.29, 0.717) is 11.7 Å². The van der Waals surface area contributed by atoms with Gasteiger partial charge in [-0.05, 0) is 73.4 Å². The van der Waals surface area contributed by atoms with E-state index >= 15 is 0 Å². The Balaban J connectivity index is 0.000000260. The summed E-state index contributed by atoms with van der Waals surface area (Å²) in [6, 6.07) is 39.4. The molecule has 2 heterocycles. The number of aromatic hydroxyl groups is 1. The van der Waals surface area contributed by atoms with E-state index in [1.165, 1.54) is 33.5 Å². The summed E-state index contributed by atoms with van der Waals surface area (Å²) in [7, 11) is 0. The minimum Gasteiger partial charge on any atom is -1.00 e. The quantitative estimate of drug-likeness (QED) is 0.115. The van der Waals surface area contributed by atoms with Gasteiger partial charge in [-0.3, -0.25) is 4.79 Å². The largest absolute Gasteiger partial charge is 1.00 e. The van der Waals surface area contributed by atoms with E-state index in [-0.39, 0.29) is 59.0 Å². The van der Waals surface area contributed by atoms with E-state index in [4.69, 9.17) is 18.7 Å². The van der Waals surface area contributed by atoms with Crippen molar-refractivity contribution in [3.05, 3.63) is 172 Å². The average Bonchev–Trinajstić information content (AvgIpc) is 3.14. The van der Waals surface area contributed by atoms with Crippen LogP contribution in [0.25, 0.3) is 39.0 Å². The van der Waals surface area contributed by atoms with Crippen LogP contribution in [0.4, 0.5) is 5.69 Å². The van der Waals surface area contributed by atoms with Gasteiger partial charge in [0.2, 0.25) is 0 Å². The fourth-order valence-electron chi connectivity index (χ4n) is 6.74. The van der Waals surface area contributed by atoms with Gasteiger partial charge in [0, 0.05) is 53.6 Å². The van der Waals surface area contributed by atoms with Crippen molar-refractivity contribution < 1.29 is 66.2 Å². The fourth-order valence-corrected chi connectivity index (χ4v) is 6.74. The van der Waals surface area contributed by atoms with Gasteiger partial charge < -0.3 is 31.9 Å². The minimum absolute atomic E-state index is 0. The number of rotatable bonds is 5. The van der Waals surface area contributed by atoms with Gasteiger partial charge in [0.05, 0.1) is 17.2 Å². The molecule has 270 valence electrons. The van der Waals surface area contributed by atoms with Gasteiger partial charge in [-0.25, -0.2) is 0 Å². The van der Waals surface area contributed by atoms with Crippen LogP contribution in [-0.2, 0) is 9.59 Å². The van der Waals surface area contributed by atoms with Crippen molar-refractivity contribution in [2.75, 3.05) is 18.0 Å². The Hall–Kier alpha value is -4.98. The molecule has 1 atom stereocenters. The zero-order valence-corrected chi connectivity index (χ0v) is 33.7. The maximum atomic E-state index is 11.7. The molecule has 4 aromatic rings. The molecule has 54 heavy (non-hydrogen) atoms. The summed E-state index contributed by atoms with van der Waals surface area (Å²) in [5, 5.41) is 1.03. The number of halogens is 1. The van der Waals surface area contributed by atoms with Crippen LogP contribution in [0.3, 0.4) is 0 Å². The van der Waals surface area contributed by atoms with Crippen LogP contribution in [0.1, 0.15) is 37.5 Å². The van der Waals surface area contributed by atoms with Gasteiger partial charge in [0.1, 0.15) is 5.76 Å². The van der Waals surface area contributed by atoms with Gasteiger partial charge in [0.15, 0.2) is 5.43 Å². The third kappa shape index (κ3) is 9.20. The van der Waals surface area contributed by atoms with Crippen LogP contribution in [0.5, 0.6) is 5.75 Å². The first-order chi connectivity index (χ1) is 24.9. The van der Waals surface area contributed by atoms with E-state index in [2.05, 4.69) is 118 Å². The van der Waals surface area contributed by atoms with Gasteiger partial charge >= 0.3 is 35.7 Å². The SMILES string of the molecule is CCN(CC)c1ccc2c(c1)[OH+]C1=CC(C)C=CC1=C2c1ccccc1.Cc1ccccc1-c1c2ccc(=O)cc-2oc2c[c-]ccc12.O=C=O.[Cl-].[Na+].[OH-]. The summed E-state index contributed by atoms with van der Waals surface area (Å²) in [5.74, 6) is 3.20. The van der Waals surface area contributed by atoms with E-state index in [0.717, 1.165) is 52.3 Å². The smallest absolute Gasteiger partial charge is 1.00 e. The average molecular weight is 749 g/mol. The Morgan fingerprint density at radius 1 is 0.870 bits per heavy atom. The maximum Gasteiger partial charge on any atom is 1.00 e. The van der Waals surface area contributed by atoms with Crippen LogP contribution in [0.2, 0.25) is 0 Å². The molecule has 0 spiro atoms. The Labute approximate surface area is 344 Å². The second kappa shape index (κ2) is 19.9. The van der Waals surface area contributed by atoms with Crippen LogP contribution >= 0.6 is 0 Å². The summed E-state index contributed by atoms with van der Waals surface area (Å²) in [6.45, 7) is 10.7. The molecule has 4 aliphatic rings. The normalized spacial score (nSPS) is 13.3. The van der Waals surface area contributed by atoms with Crippen LogP contribution < -0.4 is 52.3 Å².